The number of hydrogen-bond donors (Lipinski definition) is 3. The van der Waals surface area contributed by atoms with Crippen LogP contribution in [0.4, 0.5) is 5.69 Å². The van der Waals surface area contributed by atoms with Crippen molar-refractivity contribution in [3.8, 4) is 11.5 Å². The lowest BCUT2D eigenvalue weighted by Crippen LogP contribution is -2.57. The van der Waals surface area contributed by atoms with Crippen LogP contribution >= 0.6 is 0 Å². The van der Waals surface area contributed by atoms with Gasteiger partial charge in [0.05, 0.1) is 19.1 Å². The quantitative estimate of drug-likeness (QED) is 0.682. The third kappa shape index (κ3) is 5.36. The fourth-order valence-electron chi connectivity index (χ4n) is 3.31. The van der Waals surface area contributed by atoms with E-state index in [4.69, 9.17) is 9.47 Å². The van der Waals surface area contributed by atoms with Crippen LogP contribution < -0.4 is 20.7 Å². The maximum Gasteiger partial charge on any atom is 0.247 e. The van der Waals surface area contributed by atoms with Crippen LogP contribution in [-0.4, -0.2) is 43.1 Å². The Kier molecular flexibility index (Phi) is 6.24. The van der Waals surface area contributed by atoms with E-state index in [0.717, 1.165) is 25.2 Å². The van der Waals surface area contributed by atoms with E-state index in [9.17, 15) is 9.59 Å². The van der Waals surface area contributed by atoms with Gasteiger partial charge in [0.25, 0.3) is 0 Å². The first kappa shape index (κ1) is 19.9. The average molecular weight is 408 g/mol. The van der Waals surface area contributed by atoms with Gasteiger partial charge in [-0.25, -0.2) is 0 Å². The van der Waals surface area contributed by atoms with Gasteiger partial charge in [0, 0.05) is 12.3 Å². The van der Waals surface area contributed by atoms with Crippen LogP contribution in [0.2, 0.25) is 0 Å². The van der Waals surface area contributed by atoms with Crippen molar-refractivity contribution in [2.75, 3.05) is 18.5 Å². The summed E-state index contributed by atoms with van der Waals surface area (Å²) < 4.78 is 11.3. The average Bonchev–Trinajstić information content (AvgIpc) is 3.28. The molecule has 4 rings (SSSR count). The topological polar surface area (TPSA) is 101 Å². The molecule has 0 spiro atoms. The molecule has 2 heterocycles. The SMILES string of the molecule is O=C1C[C@@H](C(=O)Nc2ccc(Oc3ccccc3)cc2)NC(=NC[C@@H]2CCCO2)N1. The van der Waals surface area contributed by atoms with Gasteiger partial charge in [0.15, 0.2) is 5.96 Å². The second kappa shape index (κ2) is 9.41. The van der Waals surface area contributed by atoms with Crippen molar-refractivity contribution in [3.05, 3.63) is 54.6 Å². The standard InChI is InChI=1S/C22H24N4O4/c27-20-13-19(25-22(26-20)23-14-18-7-4-12-29-18)21(28)24-15-8-10-17(11-9-15)30-16-5-2-1-3-6-16/h1-3,5-6,8-11,18-19H,4,7,12-14H2,(H,24,28)(H2,23,25,26,27)/t18-,19-/m0/s1. The van der Waals surface area contributed by atoms with Crippen LogP contribution in [0.25, 0.3) is 0 Å². The molecule has 3 N–H and O–H groups in total. The summed E-state index contributed by atoms with van der Waals surface area (Å²) in [5.74, 6) is 1.17. The van der Waals surface area contributed by atoms with Crippen LogP contribution in [-0.2, 0) is 14.3 Å². The third-order valence-electron chi connectivity index (χ3n) is 4.85. The van der Waals surface area contributed by atoms with Crippen molar-refractivity contribution in [1.82, 2.24) is 10.6 Å². The van der Waals surface area contributed by atoms with Gasteiger partial charge in [0.1, 0.15) is 17.5 Å². The molecule has 0 radical (unpaired) electrons. The number of amides is 2. The van der Waals surface area contributed by atoms with E-state index >= 15 is 0 Å². The number of aliphatic imine (C=N–C) groups is 1. The van der Waals surface area contributed by atoms with Crippen LogP contribution in [0.1, 0.15) is 19.3 Å². The molecule has 0 bridgehead atoms. The number of guanidine groups is 1. The Bertz CT molecular complexity index is 908. The van der Waals surface area contributed by atoms with E-state index in [-0.39, 0.29) is 24.3 Å². The highest BCUT2D eigenvalue weighted by Gasteiger charge is 2.28. The van der Waals surface area contributed by atoms with Gasteiger partial charge < -0.3 is 20.1 Å². The van der Waals surface area contributed by atoms with E-state index in [1.54, 1.807) is 24.3 Å². The number of nitrogens with zero attached hydrogens (tertiary/aromatic N) is 1. The maximum absolute atomic E-state index is 12.6. The predicted molar refractivity (Wildman–Crippen MR) is 113 cm³/mol. The Labute approximate surface area is 174 Å². The van der Waals surface area contributed by atoms with Gasteiger partial charge in [-0.1, -0.05) is 18.2 Å². The molecule has 2 fully saturated rings. The molecular weight excluding hydrogens is 384 g/mol. The normalized spacial score (nSPS) is 22.3. The number of ether oxygens (including phenoxy) is 2. The molecule has 2 saturated heterocycles. The van der Waals surface area contributed by atoms with Gasteiger partial charge in [-0.15, -0.1) is 0 Å². The van der Waals surface area contributed by atoms with Gasteiger partial charge in [-0.3, -0.25) is 19.9 Å². The highest BCUT2D eigenvalue weighted by Crippen LogP contribution is 2.22. The summed E-state index contributed by atoms with van der Waals surface area (Å²) in [5.41, 5.74) is 0.617. The molecule has 2 aromatic carbocycles. The molecule has 2 amide bonds. The molecule has 30 heavy (non-hydrogen) atoms. The second-order valence-electron chi connectivity index (χ2n) is 7.20. The van der Waals surface area contributed by atoms with E-state index in [1.165, 1.54) is 0 Å². The first-order valence-electron chi connectivity index (χ1n) is 10.0. The van der Waals surface area contributed by atoms with Crippen molar-refractivity contribution >= 4 is 23.5 Å². The molecule has 2 aliphatic heterocycles. The Morgan fingerprint density at radius 2 is 1.90 bits per heavy atom. The molecule has 156 valence electrons. The Balaban J connectivity index is 1.33. The lowest BCUT2D eigenvalue weighted by atomic mass is 10.1. The monoisotopic (exact) mass is 408 g/mol. The minimum atomic E-state index is -0.692. The van der Waals surface area contributed by atoms with E-state index in [0.29, 0.717) is 23.9 Å². The minimum absolute atomic E-state index is 0.0417. The minimum Gasteiger partial charge on any atom is -0.457 e. The van der Waals surface area contributed by atoms with E-state index in [2.05, 4.69) is 20.9 Å². The van der Waals surface area contributed by atoms with Crippen LogP contribution in [0.3, 0.4) is 0 Å². The number of carbonyl (C=O) groups is 2. The maximum atomic E-state index is 12.6. The number of rotatable bonds is 6. The fourth-order valence-corrected chi connectivity index (χ4v) is 3.31. The van der Waals surface area contributed by atoms with Crippen LogP contribution in [0, 0.1) is 0 Å². The lowest BCUT2D eigenvalue weighted by Gasteiger charge is -2.25. The second-order valence-corrected chi connectivity index (χ2v) is 7.20. The highest BCUT2D eigenvalue weighted by molar-refractivity contribution is 6.07. The van der Waals surface area contributed by atoms with Crippen LogP contribution in [0.15, 0.2) is 59.6 Å². The smallest absolute Gasteiger partial charge is 0.247 e. The number of nitrogens with one attached hydrogen (secondary N) is 3. The zero-order valence-corrected chi connectivity index (χ0v) is 16.5. The molecular formula is C22H24N4O4. The summed E-state index contributed by atoms with van der Waals surface area (Å²) in [4.78, 5) is 29.0. The molecule has 2 aliphatic rings. The van der Waals surface area contributed by atoms with Gasteiger partial charge in [-0.2, -0.15) is 0 Å². The number of hydrogen-bond acceptors (Lipinski definition) is 5. The number of carbonyl (C=O) groups excluding carboxylic acids is 2. The molecule has 2 aromatic rings. The molecule has 8 nitrogen and oxygen atoms in total. The van der Waals surface area contributed by atoms with Gasteiger partial charge >= 0.3 is 0 Å². The predicted octanol–water partition coefficient (Wildman–Crippen LogP) is 2.43. The van der Waals surface area contributed by atoms with Crippen LogP contribution in [0.5, 0.6) is 11.5 Å². The Morgan fingerprint density at radius 1 is 1.13 bits per heavy atom. The largest absolute Gasteiger partial charge is 0.457 e. The number of anilines is 1. The van der Waals surface area contributed by atoms with Crippen molar-refractivity contribution in [2.24, 2.45) is 4.99 Å². The van der Waals surface area contributed by atoms with Crippen molar-refractivity contribution in [1.29, 1.82) is 0 Å². The molecule has 0 aromatic heterocycles. The zero-order chi connectivity index (χ0) is 20.8. The van der Waals surface area contributed by atoms with E-state index < -0.39 is 6.04 Å². The first-order valence-corrected chi connectivity index (χ1v) is 10.0. The summed E-state index contributed by atoms with van der Waals surface area (Å²) in [7, 11) is 0. The lowest BCUT2D eigenvalue weighted by molar-refractivity contribution is -0.125. The summed E-state index contributed by atoms with van der Waals surface area (Å²) in [6.07, 6.45) is 2.09. The van der Waals surface area contributed by atoms with Crippen molar-refractivity contribution in [2.45, 2.75) is 31.4 Å². The summed E-state index contributed by atoms with van der Waals surface area (Å²) in [5, 5.41) is 8.49. The highest BCUT2D eigenvalue weighted by atomic mass is 16.5. The Morgan fingerprint density at radius 3 is 2.63 bits per heavy atom. The number of para-hydroxylation sites is 1. The summed E-state index contributed by atoms with van der Waals surface area (Å²) >= 11 is 0. The van der Waals surface area contributed by atoms with E-state index in [1.807, 2.05) is 30.3 Å². The first-order chi connectivity index (χ1) is 14.7. The number of benzene rings is 2. The van der Waals surface area contributed by atoms with Crippen molar-refractivity contribution in [3.63, 3.8) is 0 Å². The molecule has 0 aliphatic carbocycles. The summed E-state index contributed by atoms with van der Waals surface area (Å²) in [6, 6.07) is 15.8. The van der Waals surface area contributed by atoms with Gasteiger partial charge in [0.2, 0.25) is 11.8 Å². The fraction of sp³-hybridized carbons (Fsp3) is 0.318. The molecule has 2 atom stereocenters. The van der Waals surface area contributed by atoms with Crippen molar-refractivity contribution < 1.29 is 19.1 Å². The molecule has 8 heteroatoms. The zero-order valence-electron chi connectivity index (χ0n) is 16.5. The third-order valence-corrected chi connectivity index (χ3v) is 4.85. The van der Waals surface area contributed by atoms with Gasteiger partial charge in [-0.05, 0) is 49.2 Å². The molecule has 0 saturated carbocycles. The summed E-state index contributed by atoms with van der Waals surface area (Å²) in [6.45, 7) is 1.20. The Hall–Kier alpha value is -3.39. The molecule has 0 unspecified atom stereocenters.